The average Bonchev–Trinajstić information content (AvgIpc) is 2.48. The lowest BCUT2D eigenvalue weighted by Crippen LogP contribution is -2.39. The molecule has 0 spiro atoms. The van der Waals surface area contributed by atoms with Crippen LogP contribution in [0.5, 0.6) is 0 Å². The minimum atomic E-state index is -3.73. The Morgan fingerprint density at radius 2 is 1.86 bits per heavy atom. The maximum atomic E-state index is 13.2. The first-order valence-corrected chi connectivity index (χ1v) is 8.49. The molecule has 1 aromatic carbocycles. The van der Waals surface area contributed by atoms with E-state index in [2.05, 4.69) is 5.32 Å². The number of rotatable bonds is 5. The molecule has 0 aliphatic carbocycles. The fraction of sp³-hybridized carbons (Fsp3) is 0.571. The average molecular weight is 355 g/mol. The third-order valence-electron chi connectivity index (χ3n) is 3.90. The Morgan fingerprint density at radius 3 is 2.41 bits per heavy atom. The van der Waals surface area contributed by atoms with Crippen LogP contribution in [0.3, 0.4) is 0 Å². The molecule has 0 amide bonds. The molecule has 0 radical (unpaired) electrons. The largest absolute Gasteiger partial charge is 0.320 e. The SMILES string of the molecule is CNCCC1CCN(S(=O)(=O)c2ccc(F)c(F)c2)CC1.Cl. The van der Waals surface area contributed by atoms with Crippen molar-refractivity contribution in [1.29, 1.82) is 0 Å². The van der Waals surface area contributed by atoms with Gasteiger partial charge in [0.1, 0.15) is 0 Å². The van der Waals surface area contributed by atoms with Crippen LogP contribution in [0.1, 0.15) is 19.3 Å². The van der Waals surface area contributed by atoms with Crippen LogP contribution in [-0.2, 0) is 10.0 Å². The van der Waals surface area contributed by atoms with Crippen LogP contribution in [0.25, 0.3) is 0 Å². The molecule has 1 heterocycles. The fourth-order valence-electron chi connectivity index (χ4n) is 2.57. The summed E-state index contributed by atoms with van der Waals surface area (Å²) in [5.41, 5.74) is 0. The molecule has 0 bridgehead atoms. The van der Waals surface area contributed by atoms with Crippen molar-refractivity contribution in [3.8, 4) is 0 Å². The van der Waals surface area contributed by atoms with Crippen molar-refractivity contribution in [2.45, 2.75) is 24.2 Å². The zero-order chi connectivity index (χ0) is 15.5. The molecule has 1 aromatic rings. The molecule has 126 valence electrons. The van der Waals surface area contributed by atoms with Gasteiger partial charge in [-0.25, -0.2) is 17.2 Å². The van der Waals surface area contributed by atoms with Crippen LogP contribution in [0.2, 0.25) is 0 Å². The fourth-order valence-corrected chi connectivity index (χ4v) is 4.06. The second-order valence-corrected chi connectivity index (χ2v) is 7.25. The highest BCUT2D eigenvalue weighted by Crippen LogP contribution is 2.26. The summed E-state index contributed by atoms with van der Waals surface area (Å²) in [6, 6.07) is 2.71. The maximum Gasteiger partial charge on any atom is 0.243 e. The van der Waals surface area contributed by atoms with Crippen molar-refractivity contribution < 1.29 is 17.2 Å². The zero-order valence-corrected chi connectivity index (χ0v) is 14.0. The van der Waals surface area contributed by atoms with E-state index in [0.29, 0.717) is 19.0 Å². The molecule has 0 saturated carbocycles. The highest BCUT2D eigenvalue weighted by atomic mass is 35.5. The molecule has 1 aliphatic rings. The van der Waals surface area contributed by atoms with Crippen LogP contribution in [-0.4, -0.2) is 39.4 Å². The molecule has 2 rings (SSSR count). The van der Waals surface area contributed by atoms with Gasteiger partial charge in [0.2, 0.25) is 10.0 Å². The Morgan fingerprint density at radius 1 is 1.23 bits per heavy atom. The van der Waals surface area contributed by atoms with Crippen LogP contribution >= 0.6 is 12.4 Å². The highest BCUT2D eigenvalue weighted by molar-refractivity contribution is 7.89. The van der Waals surface area contributed by atoms with Gasteiger partial charge in [0.05, 0.1) is 4.90 Å². The Balaban J connectivity index is 0.00000242. The van der Waals surface area contributed by atoms with Crippen molar-refractivity contribution >= 4 is 22.4 Å². The number of nitrogens with one attached hydrogen (secondary N) is 1. The minimum absolute atomic E-state index is 0. The molecule has 1 aliphatic heterocycles. The van der Waals surface area contributed by atoms with Crippen molar-refractivity contribution in [2.75, 3.05) is 26.7 Å². The van der Waals surface area contributed by atoms with E-state index < -0.39 is 21.7 Å². The lowest BCUT2D eigenvalue weighted by atomic mass is 9.95. The molecule has 1 N–H and O–H groups in total. The molecule has 22 heavy (non-hydrogen) atoms. The summed E-state index contributed by atoms with van der Waals surface area (Å²) in [5, 5.41) is 3.08. The second-order valence-electron chi connectivity index (χ2n) is 5.32. The molecule has 4 nitrogen and oxygen atoms in total. The summed E-state index contributed by atoms with van der Waals surface area (Å²) in [7, 11) is -1.84. The summed E-state index contributed by atoms with van der Waals surface area (Å²) >= 11 is 0. The predicted molar refractivity (Wildman–Crippen MR) is 83.6 cm³/mol. The third kappa shape index (κ3) is 4.38. The van der Waals surface area contributed by atoms with E-state index in [1.165, 1.54) is 4.31 Å². The van der Waals surface area contributed by atoms with E-state index in [0.717, 1.165) is 44.0 Å². The van der Waals surface area contributed by atoms with Gasteiger partial charge in [0.15, 0.2) is 11.6 Å². The first-order valence-electron chi connectivity index (χ1n) is 7.05. The van der Waals surface area contributed by atoms with Crippen LogP contribution < -0.4 is 5.32 Å². The van der Waals surface area contributed by atoms with E-state index >= 15 is 0 Å². The molecule has 1 fully saturated rings. The quantitative estimate of drug-likeness (QED) is 0.883. The Labute approximate surface area is 136 Å². The van der Waals surface area contributed by atoms with E-state index in [1.54, 1.807) is 0 Å². The van der Waals surface area contributed by atoms with Gasteiger partial charge in [0.25, 0.3) is 0 Å². The summed E-state index contributed by atoms with van der Waals surface area (Å²) in [5.74, 6) is -1.67. The van der Waals surface area contributed by atoms with Gasteiger partial charge in [-0.05, 0) is 57.0 Å². The van der Waals surface area contributed by atoms with E-state index in [4.69, 9.17) is 0 Å². The maximum absolute atomic E-state index is 13.2. The van der Waals surface area contributed by atoms with Gasteiger partial charge in [-0.3, -0.25) is 0 Å². The van der Waals surface area contributed by atoms with Gasteiger partial charge in [0, 0.05) is 13.1 Å². The topological polar surface area (TPSA) is 49.4 Å². The molecule has 1 saturated heterocycles. The van der Waals surface area contributed by atoms with E-state index in [9.17, 15) is 17.2 Å². The first kappa shape index (κ1) is 19.3. The predicted octanol–water partition coefficient (Wildman–Crippen LogP) is 2.40. The minimum Gasteiger partial charge on any atom is -0.320 e. The lowest BCUT2D eigenvalue weighted by molar-refractivity contribution is 0.263. The standard InChI is InChI=1S/C14H20F2N2O2S.ClH/c1-17-7-4-11-5-8-18(9-6-11)21(19,20)12-2-3-13(15)14(16)10-12;/h2-3,10-11,17H,4-9H2,1H3;1H. The summed E-state index contributed by atoms with van der Waals surface area (Å²) in [6.45, 7) is 1.77. The molecule has 0 atom stereocenters. The zero-order valence-electron chi connectivity index (χ0n) is 12.4. The number of hydrogen-bond acceptors (Lipinski definition) is 3. The third-order valence-corrected chi connectivity index (χ3v) is 5.80. The van der Waals surface area contributed by atoms with Crippen molar-refractivity contribution in [2.24, 2.45) is 5.92 Å². The monoisotopic (exact) mass is 354 g/mol. The Kier molecular flexibility index (Phi) is 7.18. The summed E-state index contributed by atoms with van der Waals surface area (Å²) < 4.78 is 52.3. The van der Waals surface area contributed by atoms with Crippen LogP contribution in [0, 0.1) is 17.6 Å². The summed E-state index contributed by atoms with van der Waals surface area (Å²) in [4.78, 5) is -0.185. The summed E-state index contributed by atoms with van der Waals surface area (Å²) in [6.07, 6.45) is 2.62. The number of halogens is 3. The Hall–Kier alpha value is -0.760. The van der Waals surface area contributed by atoms with Gasteiger partial charge in [-0.15, -0.1) is 12.4 Å². The van der Waals surface area contributed by atoms with Crippen molar-refractivity contribution in [3.63, 3.8) is 0 Å². The van der Waals surface area contributed by atoms with Crippen LogP contribution in [0.4, 0.5) is 8.78 Å². The van der Waals surface area contributed by atoms with Gasteiger partial charge >= 0.3 is 0 Å². The number of benzene rings is 1. The Bertz CT molecular complexity index is 591. The van der Waals surface area contributed by atoms with E-state index in [-0.39, 0.29) is 17.3 Å². The molecular weight excluding hydrogens is 334 g/mol. The molecular formula is C14H21ClF2N2O2S. The van der Waals surface area contributed by atoms with E-state index in [1.807, 2.05) is 7.05 Å². The second kappa shape index (κ2) is 8.19. The number of sulfonamides is 1. The molecule has 0 aromatic heterocycles. The van der Waals surface area contributed by atoms with Gasteiger partial charge in [-0.2, -0.15) is 4.31 Å². The van der Waals surface area contributed by atoms with Crippen molar-refractivity contribution in [1.82, 2.24) is 9.62 Å². The van der Waals surface area contributed by atoms with Gasteiger partial charge in [-0.1, -0.05) is 0 Å². The smallest absolute Gasteiger partial charge is 0.243 e. The first-order chi connectivity index (χ1) is 9.95. The lowest BCUT2D eigenvalue weighted by Gasteiger charge is -2.31. The number of hydrogen-bond donors (Lipinski definition) is 1. The molecule has 8 heteroatoms. The highest BCUT2D eigenvalue weighted by Gasteiger charge is 2.29. The number of nitrogens with zero attached hydrogens (tertiary/aromatic N) is 1. The number of piperidine rings is 1. The van der Waals surface area contributed by atoms with Gasteiger partial charge < -0.3 is 5.32 Å². The molecule has 0 unspecified atom stereocenters. The van der Waals surface area contributed by atoms with Crippen molar-refractivity contribution in [3.05, 3.63) is 29.8 Å². The normalized spacial score (nSPS) is 17.2. The van der Waals surface area contributed by atoms with Crippen LogP contribution in [0.15, 0.2) is 23.1 Å².